The molecular weight excluding hydrogens is 550 g/mol. The third-order valence-corrected chi connectivity index (χ3v) is 8.68. The lowest BCUT2D eigenvalue weighted by Crippen LogP contribution is -2.09. The minimum Gasteiger partial charge on any atom is -0.456 e. The Hall–Kier alpha value is -6.06. The van der Waals surface area contributed by atoms with E-state index in [1.54, 1.807) is 0 Å². The molecule has 0 aliphatic heterocycles. The van der Waals surface area contributed by atoms with E-state index in [0.29, 0.717) is 0 Å². The van der Waals surface area contributed by atoms with Gasteiger partial charge in [0.2, 0.25) is 0 Å². The summed E-state index contributed by atoms with van der Waals surface area (Å²) in [4.78, 5) is 2.27. The summed E-state index contributed by atoms with van der Waals surface area (Å²) in [5.41, 5.74) is 11.4. The van der Waals surface area contributed by atoms with E-state index < -0.39 is 0 Å². The van der Waals surface area contributed by atoms with E-state index in [1.165, 1.54) is 0 Å². The van der Waals surface area contributed by atoms with Crippen LogP contribution in [0.5, 0.6) is 0 Å². The van der Waals surface area contributed by atoms with Crippen LogP contribution >= 0.6 is 0 Å². The molecule has 2 aromatic heterocycles. The molecule has 0 N–H and O–H groups in total. The molecule has 0 atom stereocenters. The fourth-order valence-electron chi connectivity index (χ4n) is 6.50. The van der Waals surface area contributed by atoms with Gasteiger partial charge in [0.15, 0.2) is 0 Å². The highest BCUT2D eigenvalue weighted by Crippen LogP contribution is 2.40. The average molecular weight is 578 g/mol. The Morgan fingerprint density at radius 2 is 0.978 bits per heavy atom. The van der Waals surface area contributed by atoms with Crippen LogP contribution in [0, 0.1) is 0 Å². The van der Waals surface area contributed by atoms with Crippen LogP contribution in [0.25, 0.3) is 66.1 Å². The van der Waals surface area contributed by atoms with E-state index >= 15 is 0 Å². The number of benzene rings is 7. The maximum absolute atomic E-state index is 6.41. The number of hydrogen-bond donors (Lipinski definition) is 0. The minimum absolute atomic E-state index is 0.877. The zero-order valence-corrected chi connectivity index (χ0v) is 24.4. The number of para-hydroxylation sites is 3. The smallest absolute Gasteiger partial charge is 0.143 e. The molecule has 0 saturated heterocycles. The van der Waals surface area contributed by atoms with E-state index in [1.807, 2.05) is 24.3 Å². The Kier molecular flexibility index (Phi) is 5.82. The summed E-state index contributed by atoms with van der Waals surface area (Å²) in [5.74, 6) is 0. The fraction of sp³-hybridized carbons (Fsp3) is 0. The van der Waals surface area contributed by atoms with Crippen LogP contribution in [0.15, 0.2) is 173 Å². The van der Waals surface area contributed by atoms with Gasteiger partial charge in [-0.15, -0.1) is 0 Å². The molecule has 0 spiro atoms. The molecule has 0 aliphatic rings. The molecule has 0 bridgehead atoms. The second kappa shape index (κ2) is 10.3. The molecule has 0 amide bonds. The normalized spacial score (nSPS) is 11.6. The Morgan fingerprint density at radius 3 is 1.82 bits per heavy atom. The van der Waals surface area contributed by atoms with Gasteiger partial charge in [0, 0.05) is 50.2 Å². The van der Waals surface area contributed by atoms with Crippen molar-refractivity contribution >= 4 is 60.9 Å². The minimum atomic E-state index is 0.877. The lowest BCUT2D eigenvalue weighted by Gasteiger charge is -2.25. The van der Waals surface area contributed by atoms with Crippen molar-refractivity contribution in [1.82, 2.24) is 0 Å². The van der Waals surface area contributed by atoms with Gasteiger partial charge < -0.3 is 13.7 Å². The third-order valence-electron chi connectivity index (χ3n) is 8.68. The van der Waals surface area contributed by atoms with Crippen molar-refractivity contribution in [2.75, 3.05) is 4.90 Å². The lowest BCUT2D eigenvalue weighted by atomic mass is 10.00. The summed E-state index contributed by atoms with van der Waals surface area (Å²) in [7, 11) is 0. The van der Waals surface area contributed by atoms with Gasteiger partial charge in [-0.2, -0.15) is 0 Å². The van der Waals surface area contributed by atoms with Gasteiger partial charge in [0.1, 0.15) is 22.3 Å². The summed E-state index contributed by atoms with van der Waals surface area (Å²) in [6.45, 7) is 0. The number of nitrogens with zero attached hydrogens (tertiary/aromatic N) is 1. The monoisotopic (exact) mass is 577 g/mol. The predicted molar refractivity (Wildman–Crippen MR) is 187 cm³/mol. The highest BCUT2D eigenvalue weighted by Gasteiger charge is 2.16. The summed E-state index contributed by atoms with van der Waals surface area (Å²) in [5, 5.41) is 4.50. The summed E-state index contributed by atoms with van der Waals surface area (Å²) >= 11 is 0. The van der Waals surface area contributed by atoms with Crippen molar-refractivity contribution < 1.29 is 8.83 Å². The Morgan fingerprint density at radius 1 is 0.333 bits per heavy atom. The Balaban J connectivity index is 1.11. The van der Waals surface area contributed by atoms with Crippen LogP contribution in [0.3, 0.4) is 0 Å². The van der Waals surface area contributed by atoms with Crippen LogP contribution in [0.4, 0.5) is 17.1 Å². The topological polar surface area (TPSA) is 29.5 Å². The molecule has 3 heteroatoms. The summed E-state index contributed by atoms with van der Waals surface area (Å²) < 4.78 is 12.7. The fourth-order valence-corrected chi connectivity index (χ4v) is 6.50. The molecule has 3 nitrogen and oxygen atoms in total. The Labute approximate surface area is 260 Å². The number of rotatable bonds is 5. The van der Waals surface area contributed by atoms with E-state index in [2.05, 4.69) is 144 Å². The molecule has 0 saturated carbocycles. The molecule has 0 fully saturated rings. The molecule has 9 rings (SSSR count). The molecule has 0 unspecified atom stereocenters. The number of hydrogen-bond acceptors (Lipinski definition) is 3. The molecule has 45 heavy (non-hydrogen) atoms. The molecule has 7 aromatic carbocycles. The van der Waals surface area contributed by atoms with E-state index in [4.69, 9.17) is 8.83 Å². The first-order valence-corrected chi connectivity index (χ1v) is 15.2. The van der Waals surface area contributed by atoms with E-state index in [-0.39, 0.29) is 0 Å². The van der Waals surface area contributed by atoms with Gasteiger partial charge >= 0.3 is 0 Å². The average Bonchev–Trinajstić information content (AvgIpc) is 3.67. The van der Waals surface area contributed by atoms with Crippen molar-refractivity contribution in [3.63, 3.8) is 0 Å². The number of furan rings is 2. The highest BCUT2D eigenvalue weighted by atomic mass is 16.3. The molecule has 0 aliphatic carbocycles. The largest absolute Gasteiger partial charge is 0.456 e. The molecule has 2 heterocycles. The second-order valence-electron chi connectivity index (χ2n) is 11.4. The van der Waals surface area contributed by atoms with Crippen LogP contribution in [-0.4, -0.2) is 0 Å². The number of fused-ring (bicyclic) bond motifs is 6. The first-order valence-electron chi connectivity index (χ1n) is 15.2. The van der Waals surface area contributed by atoms with Crippen LogP contribution in [0.2, 0.25) is 0 Å². The standard InChI is InChI=1S/C42H27NO2/c1-3-10-29(11-4-1)34-15-9-16-37-38-26-30(20-25-40(38)45-42(34)37)28-18-21-32(22-19-28)43(31-12-5-2-6-13-31)33-23-24-36-35-14-7-8-17-39(35)44-41(36)27-33/h1-27H. The van der Waals surface area contributed by atoms with Gasteiger partial charge in [-0.25, -0.2) is 0 Å². The van der Waals surface area contributed by atoms with Gasteiger partial charge in [-0.05, 0) is 71.3 Å². The van der Waals surface area contributed by atoms with Crippen LogP contribution in [0.1, 0.15) is 0 Å². The summed E-state index contributed by atoms with van der Waals surface area (Å²) in [6.07, 6.45) is 0. The van der Waals surface area contributed by atoms with Gasteiger partial charge in [-0.1, -0.05) is 103 Å². The first kappa shape index (κ1) is 25.4. The third kappa shape index (κ3) is 4.29. The first-order chi connectivity index (χ1) is 22.3. The van der Waals surface area contributed by atoms with Crippen molar-refractivity contribution in [3.05, 3.63) is 164 Å². The van der Waals surface area contributed by atoms with Crippen molar-refractivity contribution in [3.8, 4) is 22.3 Å². The molecule has 9 aromatic rings. The predicted octanol–water partition coefficient (Wildman–Crippen LogP) is 12.3. The molecule has 212 valence electrons. The zero-order chi connectivity index (χ0) is 29.7. The van der Waals surface area contributed by atoms with Crippen LogP contribution in [-0.2, 0) is 0 Å². The van der Waals surface area contributed by atoms with Crippen molar-refractivity contribution in [2.45, 2.75) is 0 Å². The lowest BCUT2D eigenvalue weighted by molar-refractivity contribution is 0.669. The summed E-state index contributed by atoms with van der Waals surface area (Å²) in [6, 6.07) is 57.2. The van der Waals surface area contributed by atoms with Gasteiger partial charge in [-0.3, -0.25) is 0 Å². The van der Waals surface area contributed by atoms with Crippen molar-refractivity contribution in [2.24, 2.45) is 0 Å². The van der Waals surface area contributed by atoms with E-state index in [9.17, 15) is 0 Å². The van der Waals surface area contributed by atoms with Gasteiger partial charge in [0.25, 0.3) is 0 Å². The molecular formula is C42H27NO2. The van der Waals surface area contributed by atoms with E-state index in [0.717, 1.165) is 83.2 Å². The second-order valence-corrected chi connectivity index (χ2v) is 11.4. The number of anilines is 3. The van der Waals surface area contributed by atoms with Crippen molar-refractivity contribution in [1.29, 1.82) is 0 Å². The molecule has 0 radical (unpaired) electrons. The van der Waals surface area contributed by atoms with Crippen LogP contribution < -0.4 is 4.90 Å². The zero-order valence-electron chi connectivity index (χ0n) is 24.4. The maximum Gasteiger partial charge on any atom is 0.143 e. The Bertz CT molecular complexity index is 2470. The van der Waals surface area contributed by atoms with Gasteiger partial charge in [0.05, 0.1) is 0 Å². The SMILES string of the molecule is c1ccc(-c2cccc3c2oc2ccc(-c4ccc(N(c5ccccc5)c5ccc6c(c5)oc5ccccc56)cc4)cc23)cc1. The maximum atomic E-state index is 6.41. The quantitative estimate of drug-likeness (QED) is 0.204. The highest BCUT2D eigenvalue weighted by molar-refractivity contribution is 6.10.